The lowest BCUT2D eigenvalue weighted by molar-refractivity contribution is 1.15. The molecule has 3 nitrogen and oxygen atoms in total. The van der Waals surface area contributed by atoms with Gasteiger partial charge in [-0.2, -0.15) is 0 Å². The van der Waals surface area contributed by atoms with Gasteiger partial charge >= 0.3 is 0 Å². The first kappa shape index (κ1) is 33.8. The van der Waals surface area contributed by atoms with Crippen LogP contribution in [0.4, 0.5) is 5.69 Å². The zero-order valence-electron chi connectivity index (χ0n) is 29.2. The first-order valence-corrected chi connectivity index (χ1v) is 18.6. The van der Waals surface area contributed by atoms with Gasteiger partial charge in [-0.3, -0.25) is 0 Å². The van der Waals surface area contributed by atoms with Gasteiger partial charge in [0.05, 0.1) is 22.1 Å². The molecule has 4 heteroatoms. The zero-order valence-corrected chi connectivity index (χ0v) is 30.8. The molecule has 10 aromatic rings. The van der Waals surface area contributed by atoms with Gasteiger partial charge in [0, 0.05) is 43.1 Å². The van der Waals surface area contributed by atoms with Crippen molar-refractivity contribution in [2.45, 2.75) is 6.42 Å². The molecule has 0 atom stereocenters. The van der Waals surface area contributed by atoms with E-state index in [1.54, 1.807) is 0 Å². The SMILES string of the molecule is Brc1ccc(-n2c3ccccc3c3ccccc32)cc1.Nc1ccccc1.c1ccc(Cc2ccc(-n3c4ccccc4c4ccccc43)cc2)cc1. The third-order valence-corrected chi connectivity index (χ3v) is 10.0. The van der Waals surface area contributed by atoms with Crippen molar-refractivity contribution >= 4 is 65.2 Å². The summed E-state index contributed by atoms with van der Waals surface area (Å²) in [7, 11) is 0. The average Bonchev–Trinajstić information content (AvgIpc) is 3.73. The number of hydrogen-bond acceptors (Lipinski definition) is 1. The van der Waals surface area contributed by atoms with Crippen LogP contribution >= 0.6 is 15.9 Å². The number of rotatable bonds is 4. The van der Waals surface area contributed by atoms with Crippen molar-refractivity contribution in [3.8, 4) is 11.4 Å². The number of nitrogen functional groups attached to an aromatic ring is 1. The second-order valence-corrected chi connectivity index (χ2v) is 13.9. The van der Waals surface area contributed by atoms with E-state index in [0.29, 0.717) is 0 Å². The first-order chi connectivity index (χ1) is 26.1. The van der Waals surface area contributed by atoms with E-state index in [2.05, 4.69) is 201 Å². The predicted octanol–water partition coefficient (Wildman–Crippen LogP) is 13.2. The minimum Gasteiger partial charge on any atom is -0.399 e. The summed E-state index contributed by atoms with van der Waals surface area (Å²) in [6, 6.07) is 71.9. The molecule has 0 unspecified atom stereocenters. The molecule has 0 bridgehead atoms. The minimum absolute atomic E-state index is 0.822. The van der Waals surface area contributed by atoms with Crippen molar-refractivity contribution in [3.63, 3.8) is 0 Å². The molecule has 53 heavy (non-hydrogen) atoms. The number of hydrogen-bond donors (Lipinski definition) is 1. The quantitative estimate of drug-likeness (QED) is 0.179. The van der Waals surface area contributed by atoms with Gasteiger partial charge in [0.25, 0.3) is 0 Å². The van der Waals surface area contributed by atoms with Gasteiger partial charge in [-0.05, 0) is 90.3 Å². The molecule has 2 heterocycles. The first-order valence-electron chi connectivity index (χ1n) is 17.8. The van der Waals surface area contributed by atoms with Gasteiger partial charge < -0.3 is 14.9 Å². The summed E-state index contributed by atoms with van der Waals surface area (Å²) < 4.78 is 5.77. The molecule has 0 fully saturated rings. The lowest BCUT2D eigenvalue weighted by atomic mass is 10.0. The number of anilines is 1. The summed E-state index contributed by atoms with van der Waals surface area (Å²) in [5, 5.41) is 5.20. The topological polar surface area (TPSA) is 35.9 Å². The normalized spacial score (nSPS) is 10.9. The summed E-state index contributed by atoms with van der Waals surface area (Å²) in [4.78, 5) is 0. The Hall–Kier alpha value is -6.36. The Morgan fingerprint density at radius 2 is 0.660 bits per heavy atom. The van der Waals surface area contributed by atoms with Crippen LogP contribution < -0.4 is 5.73 Å². The molecule has 0 saturated carbocycles. The maximum Gasteiger partial charge on any atom is 0.0541 e. The Labute approximate surface area is 318 Å². The summed E-state index contributed by atoms with van der Waals surface area (Å²) >= 11 is 3.50. The summed E-state index contributed by atoms with van der Waals surface area (Å²) in [5.74, 6) is 0. The summed E-state index contributed by atoms with van der Waals surface area (Å²) in [6.45, 7) is 0. The molecular formula is C49H38BrN3. The second kappa shape index (κ2) is 15.5. The average molecular weight is 749 g/mol. The molecule has 256 valence electrons. The molecule has 0 aliphatic heterocycles. The van der Waals surface area contributed by atoms with E-state index >= 15 is 0 Å². The smallest absolute Gasteiger partial charge is 0.0541 e. The van der Waals surface area contributed by atoms with Crippen molar-refractivity contribution in [1.82, 2.24) is 9.13 Å². The molecule has 2 N–H and O–H groups in total. The predicted molar refractivity (Wildman–Crippen MR) is 229 cm³/mol. The number of halogens is 1. The fourth-order valence-corrected chi connectivity index (χ4v) is 7.30. The number of benzene rings is 8. The summed E-state index contributed by atoms with van der Waals surface area (Å²) in [5.41, 5.74) is 16.3. The van der Waals surface area contributed by atoms with Crippen LogP contribution in [0.15, 0.2) is 211 Å². The van der Waals surface area contributed by atoms with Gasteiger partial charge in [0.1, 0.15) is 0 Å². The van der Waals surface area contributed by atoms with Crippen molar-refractivity contribution in [3.05, 3.63) is 222 Å². The number of nitrogens with zero attached hydrogens (tertiary/aromatic N) is 2. The largest absolute Gasteiger partial charge is 0.399 e. The maximum absolute atomic E-state index is 5.36. The highest BCUT2D eigenvalue weighted by Crippen LogP contribution is 2.33. The van der Waals surface area contributed by atoms with Crippen molar-refractivity contribution in [2.24, 2.45) is 0 Å². The monoisotopic (exact) mass is 747 g/mol. The Bertz CT molecular complexity index is 2640. The Morgan fingerprint density at radius 3 is 1.04 bits per heavy atom. The van der Waals surface area contributed by atoms with Crippen LogP contribution in [-0.4, -0.2) is 9.13 Å². The van der Waals surface area contributed by atoms with Crippen LogP contribution in [0.3, 0.4) is 0 Å². The molecule has 0 spiro atoms. The van der Waals surface area contributed by atoms with Crippen LogP contribution in [0.2, 0.25) is 0 Å². The molecule has 0 amide bonds. The zero-order chi connectivity index (χ0) is 36.0. The highest BCUT2D eigenvalue weighted by Gasteiger charge is 2.12. The molecular weight excluding hydrogens is 710 g/mol. The third-order valence-electron chi connectivity index (χ3n) is 9.49. The van der Waals surface area contributed by atoms with Crippen molar-refractivity contribution in [1.29, 1.82) is 0 Å². The van der Waals surface area contributed by atoms with Crippen LogP contribution in [0.25, 0.3) is 55.0 Å². The molecule has 0 aliphatic rings. The van der Waals surface area contributed by atoms with E-state index in [-0.39, 0.29) is 0 Å². The highest BCUT2D eigenvalue weighted by atomic mass is 79.9. The van der Waals surface area contributed by atoms with Gasteiger partial charge in [-0.15, -0.1) is 0 Å². The molecule has 0 aliphatic carbocycles. The summed E-state index contributed by atoms with van der Waals surface area (Å²) in [6.07, 6.45) is 0.967. The molecule has 10 rings (SSSR count). The van der Waals surface area contributed by atoms with Crippen LogP contribution in [-0.2, 0) is 6.42 Å². The van der Waals surface area contributed by atoms with E-state index in [0.717, 1.165) is 16.6 Å². The second-order valence-electron chi connectivity index (χ2n) is 13.0. The molecule has 8 aromatic carbocycles. The lowest BCUT2D eigenvalue weighted by Crippen LogP contribution is -1.95. The van der Waals surface area contributed by atoms with Crippen molar-refractivity contribution < 1.29 is 0 Å². The standard InChI is InChI=1S/C25H19N.C18H12BrN.C6H7N/c1-2-8-19(9-3-1)18-20-14-16-21(17-15-20)26-24-12-6-4-10-22(24)23-11-5-7-13-25(23)26;19-13-9-11-14(12-10-13)20-17-7-3-1-5-15(17)16-6-2-4-8-18(16)20;7-6-4-2-1-3-5-6/h1-17H,18H2;1-12H;1-5H,7H2. The Balaban J connectivity index is 0.000000131. The number of fused-ring (bicyclic) bond motifs is 6. The fourth-order valence-electron chi connectivity index (χ4n) is 7.04. The van der Waals surface area contributed by atoms with Gasteiger partial charge in [-0.25, -0.2) is 0 Å². The number of aromatic nitrogens is 2. The van der Waals surface area contributed by atoms with E-state index in [4.69, 9.17) is 5.73 Å². The van der Waals surface area contributed by atoms with E-state index in [1.165, 1.54) is 66.1 Å². The number of nitrogens with two attached hydrogens (primary N) is 1. The van der Waals surface area contributed by atoms with E-state index < -0.39 is 0 Å². The van der Waals surface area contributed by atoms with Gasteiger partial charge in [0.15, 0.2) is 0 Å². The maximum atomic E-state index is 5.36. The fraction of sp³-hybridized carbons (Fsp3) is 0.0204. The molecule has 2 aromatic heterocycles. The van der Waals surface area contributed by atoms with Crippen LogP contribution in [0, 0.1) is 0 Å². The minimum atomic E-state index is 0.822. The van der Waals surface area contributed by atoms with E-state index in [9.17, 15) is 0 Å². The Kier molecular flexibility index (Phi) is 9.86. The van der Waals surface area contributed by atoms with Crippen molar-refractivity contribution in [2.75, 3.05) is 5.73 Å². The van der Waals surface area contributed by atoms with Gasteiger partial charge in [-0.1, -0.05) is 149 Å². The Morgan fingerprint density at radius 1 is 0.340 bits per heavy atom. The van der Waals surface area contributed by atoms with E-state index in [1.807, 2.05) is 30.3 Å². The lowest BCUT2D eigenvalue weighted by Gasteiger charge is -2.09. The number of para-hydroxylation sites is 5. The van der Waals surface area contributed by atoms with Crippen LogP contribution in [0.1, 0.15) is 11.1 Å². The van der Waals surface area contributed by atoms with Gasteiger partial charge in [0.2, 0.25) is 0 Å². The third kappa shape index (κ3) is 7.23. The van der Waals surface area contributed by atoms with Crippen LogP contribution in [0.5, 0.6) is 0 Å². The highest BCUT2D eigenvalue weighted by molar-refractivity contribution is 9.10. The molecule has 0 radical (unpaired) electrons. The molecule has 0 saturated heterocycles.